The van der Waals surface area contributed by atoms with Crippen molar-refractivity contribution >= 4 is 0 Å². The lowest BCUT2D eigenvalue weighted by molar-refractivity contribution is 0.327. The standard InChI is InChI=1S/C16H18/c1-11(13-6-4-3-5-7-13)15-9-8-14-10-16(15)12(14)2/h3-9,11-12,16H,10H2,1-2H3. The zero-order valence-corrected chi connectivity index (χ0v) is 9.98. The molecule has 0 aliphatic heterocycles. The van der Waals surface area contributed by atoms with Gasteiger partial charge in [-0.25, -0.2) is 0 Å². The average Bonchev–Trinajstić information content (AvgIpc) is 2.38. The monoisotopic (exact) mass is 210 g/mol. The Balaban J connectivity index is 1.90. The molecule has 16 heavy (non-hydrogen) atoms. The Morgan fingerprint density at radius 1 is 1.12 bits per heavy atom. The van der Waals surface area contributed by atoms with Crippen molar-refractivity contribution in [3.05, 3.63) is 59.2 Å². The minimum absolute atomic E-state index is 0.576. The van der Waals surface area contributed by atoms with Crippen LogP contribution in [0.25, 0.3) is 0 Å². The summed E-state index contributed by atoms with van der Waals surface area (Å²) in [4.78, 5) is 0. The van der Waals surface area contributed by atoms with Gasteiger partial charge in [-0.05, 0) is 23.8 Å². The lowest BCUT2D eigenvalue weighted by Gasteiger charge is -2.44. The largest absolute Gasteiger partial charge is 0.0662 e. The Labute approximate surface area is 97.7 Å². The van der Waals surface area contributed by atoms with Gasteiger partial charge >= 0.3 is 0 Å². The Kier molecular flexibility index (Phi) is 2.24. The van der Waals surface area contributed by atoms with E-state index in [9.17, 15) is 0 Å². The minimum Gasteiger partial charge on any atom is -0.0662 e. The topological polar surface area (TPSA) is 0 Å². The summed E-state index contributed by atoms with van der Waals surface area (Å²) in [5, 5.41) is 0. The summed E-state index contributed by atoms with van der Waals surface area (Å²) in [7, 11) is 0. The second kappa shape index (κ2) is 3.62. The van der Waals surface area contributed by atoms with Gasteiger partial charge in [0, 0.05) is 5.92 Å². The lowest BCUT2D eigenvalue weighted by atomic mass is 9.61. The maximum Gasteiger partial charge on any atom is 0.00260 e. The maximum absolute atomic E-state index is 2.37. The van der Waals surface area contributed by atoms with Crippen LogP contribution < -0.4 is 0 Å². The first kappa shape index (κ1) is 9.89. The molecule has 0 heterocycles. The molecule has 0 spiro atoms. The van der Waals surface area contributed by atoms with Crippen LogP contribution in [-0.2, 0) is 0 Å². The zero-order valence-electron chi connectivity index (χ0n) is 9.98. The predicted molar refractivity (Wildman–Crippen MR) is 68.3 cm³/mol. The fourth-order valence-corrected chi connectivity index (χ4v) is 3.07. The van der Waals surface area contributed by atoms with Gasteiger partial charge in [-0.1, -0.05) is 67.5 Å². The molecule has 0 amide bonds. The highest BCUT2D eigenvalue weighted by Crippen LogP contribution is 2.50. The number of hydrogen-bond acceptors (Lipinski definition) is 0. The molecule has 3 atom stereocenters. The highest BCUT2D eigenvalue weighted by molar-refractivity contribution is 5.42. The van der Waals surface area contributed by atoms with Crippen molar-refractivity contribution in [2.24, 2.45) is 11.8 Å². The van der Waals surface area contributed by atoms with Gasteiger partial charge in [0.05, 0.1) is 0 Å². The van der Waals surface area contributed by atoms with Crippen molar-refractivity contribution < 1.29 is 0 Å². The average molecular weight is 210 g/mol. The summed E-state index contributed by atoms with van der Waals surface area (Å²) in [6.07, 6.45) is 6.02. The molecule has 1 aromatic carbocycles. The normalized spacial score (nSPS) is 28.9. The van der Waals surface area contributed by atoms with Gasteiger partial charge in [0.1, 0.15) is 0 Å². The van der Waals surface area contributed by atoms with E-state index in [-0.39, 0.29) is 0 Å². The second-order valence-corrected chi connectivity index (χ2v) is 5.14. The fourth-order valence-electron chi connectivity index (χ4n) is 3.07. The van der Waals surface area contributed by atoms with Crippen LogP contribution in [0.4, 0.5) is 0 Å². The molecule has 0 nitrogen and oxygen atoms in total. The SMILES string of the molecule is CC(C1=CC=C2CC1C2C)c1ccccc1. The quantitative estimate of drug-likeness (QED) is 0.682. The van der Waals surface area contributed by atoms with Crippen LogP contribution in [0, 0.1) is 11.8 Å². The molecule has 3 aliphatic carbocycles. The first-order valence-electron chi connectivity index (χ1n) is 6.23. The number of hydrogen-bond donors (Lipinski definition) is 0. The van der Waals surface area contributed by atoms with Gasteiger partial charge < -0.3 is 0 Å². The van der Waals surface area contributed by atoms with Crippen LogP contribution in [0.1, 0.15) is 31.7 Å². The maximum atomic E-state index is 2.37. The summed E-state index contributed by atoms with van der Waals surface area (Å²) in [5.74, 6) is 2.19. The third kappa shape index (κ3) is 1.36. The molecule has 3 aliphatic rings. The van der Waals surface area contributed by atoms with Crippen LogP contribution in [-0.4, -0.2) is 0 Å². The molecule has 0 saturated heterocycles. The highest BCUT2D eigenvalue weighted by Gasteiger charge is 2.38. The molecule has 0 heteroatoms. The Hall–Kier alpha value is -1.30. The van der Waals surface area contributed by atoms with Crippen LogP contribution in [0.3, 0.4) is 0 Å². The van der Waals surface area contributed by atoms with Gasteiger partial charge in [-0.15, -0.1) is 0 Å². The molecule has 1 fully saturated rings. The molecule has 4 rings (SSSR count). The molecule has 2 bridgehead atoms. The first-order valence-corrected chi connectivity index (χ1v) is 6.23. The van der Waals surface area contributed by atoms with Crippen molar-refractivity contribution in [3.8, 4) is 0 Å². The Morgan fingerprint density at radius 2 is 1.88 bits per heavy atom. The van der Waals surface area contributed by atoms with Crippen molar-refractivity contribution in [2.75, 3.05) is 0 Å². The van der Waals surface area contributed by atoms with E-state index in [1.807, 2.05) is 0 Å². The van der Waals surface area contributed by atoms with E-state index in [2.05, 4.69) is 56.3 Å². The molecule has 0 aromatic heterocycles. The summed E-state index contributed by atoms with van der Waals surface area (Å²) in [6, 6.07) is 10.9. The zero-order chi connectivity index (χ0) is 11.1. The van der Waals surface area contributed by atoms with E-state index in [0.29, 0.717) is 5.92 Å². The lowest BCUT2D eigenvalue weighted by Crippen LogP contribution is -2.32. The fraction of sp³-hybridized carbons (Fsp3) is 0.375. The minimum atomic E-state index is 0.576. The highest BCUT2D eigenvalue weighted by atomic mass is 14.4. The molecule has 3 unspecified atom stereocenters. The summed E-state index contributed by atoms with van der Waals surface area (Å²) < 4.78 is 0. The third-order valence-electron chi connectivity index (χ3n) is 4.36. The smallest absolute Gasteiger partial charge is 0.00260 e. The number of rotatable bonds is 2. The third-order valence-corrected chi connectivity index (χ3v) is 4.36. The van der Waals surface area contributed by atoms with Crippen molar-refractivity contribution in [1.29, 1.82) is 0 Å². The number of allylic oxidation sites excluding steroid dienone is 4. The van der Waals surface area contributed by atoms with Crippen LogP contribution in [0.15, 0.2) is 53.6 Å². The number of benzene rings is 1. The molecule has 82 valence electrons. The van der Waals surface area contributed by atoms with E-state index in [4.69, 9.17) is 0 Å². The molecular formula is C16H18. The van der Waals surface area contributed by atoms with E-state index < -0.39 is 0 Å². The Morgan fingerprint density at radius 3 is 2.50 bits per heavy atom. The summed E-state index contributed by atoms with van der Waals surface area (Å²) in [5.41, 5.74) is 4.73. The van der Waals surface area contributed by atoms with Crippen LogP contribution in [0.2, 0.25) is 0 Å². The molecule has 1 aromatic rings. The van der Waals surface area contributed by atoms with Crippen molar-refractivity contribution in [1.82, 2.24) is 0 Å². The number of fused-ring (bicyclic) bond motifs is 1. The molecule has 0 radical (unpaired) electrons. The van der Waals surface area contributed by atoms with Crippen LogP contribution in [0.5, 0.6) is 0 Å². The predicted octanol–water partition coefficient (Wildman–Crippen LogP) is 4.31. The van der Waals surface area contributed by atoms with E-state index >= 15 is 0 Å². The molecule has 0 N–H and O–H groups in total. The van der Waals surface area contributed by atoms with Gasteiger partial charge in [-0.3, -0.25) is 0 Å². The van der Waals surface area contributed by atoms with Crippen molar-refractivity contribution in [3.63, 3.8) is 0 Å². The Bertz CT molecular complexity index is 450. The molecular weight excluding hydrogens is 192 g/mol. The van der Waals surface area contributed by atoms with Crippen molar-refractivity contribution in [2.45, 2.75) is 26.2 Å². The van der Waals surface area contributed by atoms with E-state index in [0.717, 1.165) is 11.8 Å². The van der Waals surface area contributed by atoms with Gasteiger partial charge in [0.15, 0.2) is 0 Å². The molecule has 1 saturated carbocycles. The van der Waals surface area contributed by atoms with E-state index in [1.165, 1.54) is 12.0 Å². The first-order chi connectivity index (χ1) is 7.77. The summed E-state index contributed by atoms with van der Waals surface area (Å²) >= 11 is 0. The van der Waals surface area contributed by atoms with Gasteiger partial charge in [0.2, 0.25) is 0 Å². The van der Waals surface area contributed by atoms with Gasteiger partial charge in [0.25, 0.3) is 0 Å². The van der Waals surface area contributed by atoms with Gasteiger partial charge in [-0.2, -0.15) is 0 Å². The van der Waals surface area contributed by atoms with Crippen LogP contribution >= 0.6 is 0 Å². The summed E-state index contributed by atoms with van der Waals surface area (Å²) in [6.45, 7) is 4.70. The van der Waals surface area contributed by atoms with E-state index in [1.54, 1.807) is 11.1 Å². The second-order valence-electron chi connectivity index (χ2n) is 5.14.